The van der Waals surface area contributed by atoms with Crippen molar-refractivity contribution in [2.45, 2.75) is 13.8 Å². The predicted octanol–water partition coefficient (Wildman–Crippen LogP) is 4.53. The van der Waals surface area contributed by atoms with Crippen molar-refractivity contribution in [3.05, 3.63) is 48.1 Å². The molecule has 1 aromatic carbocycles. The number of allylic oxidation sites excluding steroid dienone is 1. The summed E-state index contributed by atoms with van der Waals surface area (Å²) in [7, 11) is 0. The lowest BCUT2D eigenvalue weighted by Gasteiger charge is -2.08. The quantitative estimate of drug-likeness (QED) is 0.532. The van der Waals surface area contributed by atoms with E-state index in [0.717, 1.165) is 11.3 Å². The van der Waals surface area contributed by atoms with E-state index in [9.17, 15) is 0 Å². The molecular weight excluding hydrogens is 232 g/mol. The Bertz CT molecular complexity index is 376. The van der Waals surface area contributed by atoms with E-state index in [2.05, 4.69) is 26.5 Å². The van der Waals surface area contributed by atoms with Crippen molar-refractivity contribution in [3.63, 3.8) is 0 Å². The van der Waals surface area contributed by atoms with Crippen molar-refractivity contribution in [1.82, 2.24) is 0 Å². The van der Waals surface area contributed by atoms with Gasteiger partial charge in [0.25, 0.3) is 0 Å². The molecule has 17 heavy (non-hydrogen) atoms. The topological polar surface area (TPSA) is 9.23 Å². The van der Waals surface area contributed by atoms with Crippen molar-refractivity contribution in [2.24, 2.45) is 5.92 Å². The Hall–Kier alpha value is -1.21. The van der Waals surface area contributed by atoms with E-state index in [4.69, 9.17) is 16.3 Å². The van der Waals surface area contributed by atoms with Crippen molar-refractivity contribution in [2.75, 3.05) is 12.5 Å². The van der Waals surface area contributed by atoms with Gasteiger partial charge in [-0.2, -0.15) is 0 Å². The molecule has 0 aromatic heterocycles. The van der Waals surface area contributed by atoms with Crippen LogP contribution in [-0.2, 0) is 0 Å². The van der Waals surface area contributed by atoms with E-state index < -0.39 is 0 Å². The molecule has 0 bridgehead atoms. The third-order valence-corrected chi connectivity index (χ3v) is 2.80. The van der Waals surface area contributed by atoms with Crippen molar-refractivity contribution < 1.29 is 4.74 Å². The Morgan fingerprint density at radius 1 is 1.35 bits per heavy atom. The first kappa shape index (κ1) is 13.9. The number of hydrogen-bond donors (Lipinski definition) is 0. The number of ether oxygens (including phenoxy) is 1. The molecule has 1 nitrogen and oxygen atoms in total. The maximum atomic E-state index is 5.91. The third kappa shape index (κ3) is 4.66. The van der Waals surface area contributed by atoms with Gasteiger partial charge in [0, 0.05) is 5.88 Å². The second-order valence-electron chi connectivity index (χ2n) is 4.18. The number of alkyl halides is 1. The lowest BCUT2D eigenvalue weighted by molar-refractivity contribution is 0.363. The highest BCUT2D eigenvalue weighted by Crippen LogP contribution is 2.18. The standard InChI is InChI=1S/C15H19ClO/c1-4-9-17-15-7-5-13(6-8-15)10-14(11-16)12(2)3/h4-8,10,12H,1,9,11H2,2-3H3. The summed E-state index contributed by atoms with van der Waals surface area (Å²) < 4.78 is 5.42. The van der Waals surface area contributed by atoms with Crippen LogP contribution in [0.5, 0.6) is 5.75 Å². The summed E-state index contributed by atoms with van der Waals surface area (Å²) in [6, 6.07) is 7.99. The molecule has 2 heteroatoms. The lowest BCUT2D eigenvalue weighted by atomic mass is 10.0. The van der Waals surface area contributed by atoms with Gasteiger partial charge >= 0.3 is 0 Å². The first-order valence-corrected chi connectivity index (χ1v) is 6.31. The van der Waals surface area contributed by atoms with Crippen LogP contribution >= 0.6 is 11.6 Å². The van der Waals surface area contributed by atoms with Crippen molar-refractivity contribution in [1.29, 1.82) is 0 Å². The van der Waals surface area contributed by atoms with Gasteiger partial charge in [-0.15, -0.1) is 11.6 Å². The molecule has 1 aromatic rings. The molecule has 0 aliphatic heterocycles. The van der Waals surface area contributed by atoms with Crippen LogP contribution < -0.4 is 4.74 Å². The zero-order valence-corrected chi connectivity index (χ0v) is 11.2. The van der Waals surface area contributed by atoms with E-state index in [0.29, 0.717) is 18.4 Å². The highest BCUT2D eigenvalue weighted by atomic mass is 35.5. The molecule has 0 N–H and O–H groups in total. The minimum atomic E-state index is 0.476. The second-order valence-corrected chi connectivity index (χ2v) is 4.44. The number of rotatable bonds is 6. The van der Waals surface area contributed by atoms with Crippen LogP contribution in [0.15, 0.2) is 42.5 Å². The molecule has 0 radical (unpaired) electrons. The van der Waals surface area contributed by atoms with Crippen LogP contribution in [0.2, 0.25) is 0 Å². The highest BCUT2D eigenvalue weighted by Gasteiger charge is 2.01. The van der Waals surface area contributed by atoms with E-state index in [1.807, 2.05) is 24.3 Å². The maximum absolute atomic E-state index is 5.91. The Morgan fingerprint density at radius 3 is 2.47 bits per heavy atom. The van der Waals surface area contributed by atoms with Crippen LogP contribution in [0.25, 0.3) is 6.08 Å². The fourth-order valence-electron chi connectivity index (χ4n) is 1.39. The zero-order chi connectivity index (χ0) is 12.7. The van der Waals surface area contributed by atoms with Gasteiger partial charge in [-0.3, -0.25) is 0 Å². The Morgan fingerprint density at radius 2 is 2.00 bits per heavy atom. The van der Waals surface area contributed by atoms with Gasteiger partial charge in [0.05, 0.1) is 0 Å². The average molecular weight is 251 g/mol. The van der Waals surface area contributed by atoms with Gasteiger partial charge in [-0.1, -0.05) is 50.3 Å². The first-order chi connectivity index (χ1) is 8.17. The zero-order valence-electron chi connectivity index (χ0n) is 10.4. The Labute approximate surface area is 109 Å². The van der Waals surface area contributed by atoms with Crippen LogP contribution in [0, 0.1) is 5.92 Å². The predicted molar refractivity (Wildman–Crippen MR) is 75.7 cm³/mol. The first-order valence-electron chi connectivity index (χ1n) is 5.77. The fraction of sp³-hybridized carbons (Fsp3) is 0.333. The van der Waals surface area contributed by atoms with Crippen molar-refractivity contribution >= 4 is 17.7 Å². The van der Waals surface area contributed by atoms with Gasteiger partial charge < -0.3 is 4.74 Å². The molecule has 0 atom stereocenters. The lowest BCUT2D eigenvalue weighted by Crippen LogP contribution is -1.95. The Balaban J connectivity index is 2.76. The second kappa shape index (κ2) is 7.18. The summed E-state index contributed by atoms with van der Waals surface area (Å²) in [5.41, 5.74) is 2.40. The molecule has 0 aliphatic rings. The normalized spacial score (nSPS) is 11.6. The molecule has 0 unspecified atom stereocenters. The average Bonchev–Trinajstić information content (AvgIpc) is 2.34. The molecule has 0 saturated heterocycles. The molecule has 1 rings (SSSR count). The summed E-state index contributed by atoms with van der Waals surface area (Å²) in [6.07, 6.45) is 3.87. The summed E-state index contributed by atoms with van der Waals surface area (Å²) in [5.74, 6) is 1.91. The summed E-state index contributed by atoms with van der Waals surface area (Å²) >= 11 is 5.91. The Kier molecular flexibility index (Phi) is 5.85. The molecule has 0 spiro atoms. The van der Waals surface area contributed by atoms with Gasteiger partial charge in [0.1, 0.15) is 12.4 Å². The smallest absolute Gasteiger partial charge is 0.119 e. The van der Waals surface area contributed by atoms with E-state index in [1.165, 1.54) is 5.57 Å². The van der Waals surface area contributed by atoms with Gasteiger partial charge in [0.15, 0.2) is 0 Å². The van der Waals surface area contributed by atoms with Gasteiger partial charge in [-0.25, -0.2) is 0 Å². The monoisotopic (exact) mass is 250 g/mol. The molecular formula is C15H19ClO. The van der Waals surface area contributed by atoms with Crippen LogP contribution in [0.4, 0.5) is 0 Å². The molecule has 0 aliphatic carbocycles. The third-order valence-electron chi connectivity index (χ3n) is 2.50. The minimum Gasteiger partial charge on any atom is -0.490 e. The van der Waals surface area contributed by atoms with E-state index in [1.54, 1.807) is 6.08 Å². The SMILES string of the molecule is C=CCOc1ccc(C=C(CCl)C(C)C)cc1. The van der Waals surface area contributed by atoms with Crippen molar-refractivity contribution in [3.8, 4) is 5.75 Å². The van der Waals surface area contributed by atoms with Gasteiger partial charge in [0.2, 0.25) is 0 Å². The molecule has 0 amide bonds. The molecule has 92 valence electrons. The van der Waals surface area contributed by atoms with Crippen LogP contribution in [-0.4, -0.2) is 12.5 Å². The van der Waals surface area contributed by atoms with Gasteiger partial charge in [-0.05, 0) is 23.6 Å². The van der Waals surface area contributed by atoms with Crippen LogP contribution in [0.3, 0.4) is 0 Å². The number of halogens is 1. The van der Waals surface area contributed by atoms with E-state index >= 15 is 0 Å². The highest BCUT2D eigenvalue weighted by molar-refractivity contribution is 6.19. The minimum absolute atomic E-state index is 0.476. The summed E-state index contributed by atoms with van der Waals surface area (Å²) in [4.78, 5) is 0. The summed E-state index contributed by atoms with van der Waals surface area (Å²) in [6.45, 7) is 8.45. The molecule has 0 heterocycles. The fourth-order valence-corrected chi connectivity index (χ4v) is 1.77. The molecule has 0 saturated carbocycles. The maximum Gasteiger partial charge on any atom is 0.119 e. The molecule has 0 fully saturated rings. The number of benzene rings is 1. The van der Waals surface area contributed by atoms with Crippen LogP contribution in [0.1, 0.15) is 19.4 Å². The van der Waals surface area contributed by atoms with E-state index in [-0.39, 0.29) is 0 Å². The number of hydrogen-bond acceptors (Lipinski definition) is 1. The summed E-state index contributed by atoms with van der Waals surface area (Å²) in [5, 5.41) is 0. The largest absolute Gasteiger partial charge is 0.490 e.